The number of para-hydroxylation sites is 1. The van der Waals surface area contributed by atoms with E-state index < -0.39 is 4.92 Å². The number of nitro groups is 1. The van der Waals surface area contributed by atoms with Gasteiger partial charge in [-0.3, -0.25) is 10.1 Å². The SMILES string of the molecule is COc1ccc(N=Cc2c(C)nn(-c3ccccc3)c2Cl)c([N+](=O)[O-])c1. The van der Waals surface area contributed by atoms with Gasteiger partial charge in [0.2, 0.25) is 0 Å². The molecule has 0 radical (unpaired) electrons. The normalized spacial score (nSPS) is 11.0. The molecule has 0 saturated carbocycles. The van der Waals surface area contributed by atoms with Crippen molar-refractivity contribution in [2.24, 2.45) is 4.99 Å². The molecule has 0 fully saturated rings. The van der Waals surface area contributed by atoms with Crippen LogP contribution in [-0.4, -0.2) is 28.0 Å². The molecule has 0 spiro atoms. The van der Waals surface area contributed by atoms with Crippen molar-refractivity contribution in [3.8, 4) is 11.4 Å². The van der Waals surface area contributed by atoms with Crippen LogP contribution in [-0.2, 0) is 0 Å². The molecule has 0 N–H and O–H groups in total. The molecule has 0 saturated heterocycles. The number of aliphatic imine (C=N–C) groups is 1. The quantitative estimate of drug-likeness (QED) is 0.376. The van der Waals surface area contributed by atoms with Crippen LogP contribution in [0, 0.1) is 17.0 Å². The average Bonchev–Trinajstić information content (AvgIpc) is 2.94. The Bertz CT molecular complexity index is 984. The first-order valence-corrected chi connectivity index (χ1v) is 8.06. The lowest BCUT2D eigenvalue weighted by atomic mass is 10.2. The molecule has 0 aliphatic rings. The zero-order valence-electron chi connectivity index (χ0n) is 14.1. The molecule has 0 amide bonds. The highest BCUT2D eigenvalue weighted by molar-refractivity contribution is 6.32. The maximum absolute atomic E-state index is 11.3. The molecule has 0 atom stereocenters. The number of benzene rings is 2. The third kappa shape index (κ3) is 3.43. The van der Waals surface area contributed by atoms with Crippen LogP contribution in [0.15, 0.2) is 53.5 Å². The van der Waals surface area contributed by atoms with E-state index in [0.29, 0.717) is 22.2 Å². The Labute approximate surface area is 154 Å². The van der Waals surface area contributed by atoms with E-state index in [0.717, 1.165) is 5.69 Å². The third-order valence-corrected chi connectivity index (χ3v) is 4.12. The van der Waals surface area contributed by atoms with Crippen molar-refractivity contribution in [2.75, 3.05) is 7.11 Å². The molecule has 132 valence electrons. The van der Waals surface area contributed by atoms with E-state index in [9.17, 15) is 10.1 Å². The van der Waals surface area contributed by atoms with Crippen molar-refractivity contribution in [2.45, 2.75) is 6.92 Å². The number of methoxy groups -OCH3 is 1. The van der Waals surface area contributed by atoms with Gasteiger partial charge in [0.25, 0.3) is 5.69 Å². The lowest BCUT2D eigenvalue weighted by molar-refractivity contribution is -0.384. The van der Waals surface area contributed by atoms with E-state index in [2.05, 4.69) is 10.1 Å². The van der Waals surface area contributed by atoms with Crippen LogP contribution in [0.5, 0.6) is 5.75 Å². The van der Waals surface area contributed by atoms with Crippen molar-refractivity contribution in [1.82, 2.24) is 9.78 Å². The fraction of sp³-hybridized carbons (Fsp3) is 0.111. The molecule has 1 heterocycles. The summed E-state index contributed by atoms with van der Waals surface area (Å²) in [5.74, 6) is 0.391. The van der Waals surface area contributed by atoms with Gasteiger partial charge in [0.05, 0.1) is 35.0 Å². The molecular weight excluding hydrogens is 356 g/mol. The molecule has 0 aliphatic heterocycles. The van der Waals surface area contributed by atoms with Crippen LogP contribution in [0.25, 0.3) is 5.69 Å². The first-order chi connectivity index (χ1) is 12.5. The topological polar surface area (TPSA) is 82.5 Å². The van der Waals surface area contributed by atoms with Crippen molar-refractivity contribution < 1.29 is 9.66 Å². The summed E-state index contributed by atoms with van der Waals surface area (Å²) in [6, 6.07) is 13.9. The van der Waals surface area contributed by atoms with E-state index in [1.165, 1.54) is 25.5 Å². The standard InChI is InChI=1S/C18H15ClN4O3/c1-12-15(18(19)22(21-12)13-6-4-3-5-7-13)11-20-16-9-8-14(26-2)10-17(16)23(24)25/h3-11H,1-2H3. The van der Waals surface area contributed by atoms with Gasteiger partial charge in [-0.15, -0.1) is 0 Å². The lowest BCUT2D eigenvalue weighted by Gasteiger charge is -2.02. The van der Waals surface area contributed by atoms with Gasteiger partial charge in [-0.05, 0) is 31.2 Å². The summed E-state index contributed by atoms with van der Waals surface area (Å²) >= 11 is 6.44. The van der Waals surface area contributed by atoms with Crippen molar-refractivity contribution >= 4 is 29.2 Å². The van der Waals surface area contributed by atoms with Gasteiger partial charge in [0.15, 0.2) is 0 Å². The van der Waals surface area contributed by atoms with Crippen LogP contribution in [0.3, 0.4) is 0 Å². The van der Waals surface area contributed by atoms with Gasteiger partial charge in [-0.1, -0.05) is 29.8 Å². The Balaban J connectivity index is 2.00. The Hall–Kier alpha value is -3.19. The lowest BCUT2D eigenvalue weighted by Crippen LogP contribution is -1.96. The second-order valence-corrected chi connectivity index (χ2v) is 5.77. The van der Waals surface area contributed by atoms with Crippen LogP contribution in [0.4, 0.5) is 11.4 Å². The highest BCUT2D eigenvalue weighted by Crippen LogP contribution is 2.31. The summed E-state index contributed by atoms with van der Waals surface area (Å²) in [5, 5.41) is 16.1. The van der Waals surface area contributed by atoms with E-state index in [-0.39, 0.29) is 11.4 Å². The van der Waals surface area contributed by atoms with Crippen LogP contribution < -0.4 is 4.74 Å². The molecule has 1 aromatic heterocycles. The van der Waals surface area contributed by atoms with E-state index in [4.69, 9.17) is 16.3 Å². The summed E-state index contributed by atoms with van der Waals surface area (Å²) in [6.45, 7) is 1.80. The number of aromatic nitrogens is 2. The summed E-state index contributed by atoms with van der Waals surface area (Å²) < 4.78 is 6.62. The maximum atomic E-state index is 11.3. The Morgan fingerprint density at radius 2 is 2.00 bits per heavy atom. The van der Waals surface area contributed by atoms with Crippen molar-refractivity contribution in [3.63, 3.8) is 0 Å². The minimum atomic E-state index is -0.503. The fourth-order valence-corrected chi connectivity index (χ4v) is 2.74. The van der Waals surface area contributed by atoms with Crippen LogP contribution in [0.2, 0.25) is 5.15 Å². The fourth-order valence-electron chi connectivity index (χ4n) is 2.42. The molecule has 7 nitrogen and oxygen atoms in total. The predicted octanol–water partition coefficient (Wildman–Crippen LogP) is 4.50. The van der Waals surface area contributed by atoms with Gasteiger partial charge in [0.1, 0.15) is 16.6 Å². The number of nitrogens with zero attached hydrogens (tertiary/aromatic N) is 4. The molecule has 2 aromatic carbocycles. The number of rotatable bonds is 5. The van der Waals surface area contributed by atoms with Crippen molar-refractivity contribution in [3.05, 3.63) is 75.1 Å². The third-order valence-electron chi connectivity index (χ3n) is 3.76. The average molecular weight is 371 g/mol. The summed E-state index contributed by atoms with van der Waals surface area (Å²) in [4.78, 5) is 15.0. The van der Waals surface area contributed by atoms with E-state index in [1.54, 1.807) is 17.7 Å². The van der Waals surface area contributed by atoms with Gasteiger partial charge >= 0.3 is 0 Å². The largest absolute Gasteiger partial charge is 0.496 e. The van der Waals surface area contributed by atoms with Crippen molar-refractivity contribution in [1.29, 1.82) is 0 Å². The molecule has 0 bridgehead atoms. The maximum Gasteiger partial charge on any atom is 0.298 e. The number of aryl methyl sites for hydroxylation is 1. The molecule has 3 aromatic rings. The molecule has 0 unspecified atom stereocenters. The Morgan fingerprint density at radius 3 is 2.65 bits per heavy atom. The van der Waals surface area contributed by atoms with Crippen LogP contribution >= 0.6 is 11.6 Å². The zero-order chi connectivity index (χ0) is 18.7. The molecule has 26 heavy (non-hydrogen) atoms. The molecule has 8 heteroatoms. The first-order valence-electron chi connectivity index (χ1n) is 7.68. The number of halogens is 1. The van der Waals surface area contributed by atoms with Gasteiger partial charge < -0.3 is 4.74 Å². The number of nitro benzene ring substituents is 1. The molecular formula is C18H15ClN4O3. The number of hydrogen-bond acceptors (Lipinski definition) is 5. The van der Waals surface area contributed by atoms with Crippen LogP contribution in [0.1, 0.15) is 11.3 Å². The minimum absolute atomic E-state index is 0.148. The minimum Gasteiger partial charge on any atom is -0.496 e. The zero-order valence-corrected chi connectivity index (χ0v) is 14.8. The first kappa shape index (κ1) is 17.6. The predicted molar refractivity (Wildman–Crippen MR) is 100 cm³/mol. The van der Waals surface area contributed by atoms with E-state index in [1.807, 2.05) is 30.3 Å². The molecule has 3 rings (SSSR count). The van der Waals surface area contributed by atoms with Gasteiger partial charge in [-0.2, -0.15) is 5.10 Å². The number of ether oxygens (including phenoxy) is 1. The second-order valence-electron chi connectivity index (χ2n) is 5.41. The summed E-state index contributed by atoms with van der Waals surface area (Å²) in [5.41, 5.74) is 2.14. The monoisotopic (exact) mass is 370 g/mol. The Kier molecular flexibility index (Phi) is 4.99. The Morgan fingerprint density at radius 1 is 1.27 bits per heavy atom. The van der Waals surface area contributed by atoms with Gasteiger partial charge in [0, 0.05) is 6.21 Å². The molecule has 0 aliphatic carbocycles. The van der Waals surface area contributed by atoms with Gasteiger partial charge in [-0.25, -0.2) is 9.67 Å². The number of hydrogen-bond donors (Lipinski definition) is 0. The smallest absolute Gasteiger partial charge is 0.298 e. The summed E-state index contributed by atoms with van der Waals surface area (Å²) in [7, 11) is 1.45. The second kappa shape index (κ2) is 7.37. The highest BCUT2D eigenvalue weighted by atomic mass is 35.5. The summed E-state index contributed by atoms with van der Waals surface area (Å²) in [6.07, 6.45) is 1.49. The van der Waals surface area contributed by atoms with E-state index >= 15 is 0 Å². The highest BCUT2D eigenvalue weighted by Gasteiger charge is 2.16.